The molecular weight excluding hydrogens is 516 g/mol. The van der Waals surface area contributed by atoms with Gasteiger partial charge in [0.2, 0.25) is 0 Å². The molecule has 0 N–H and O–H groups in total. The Morgan fingerprint density at radius 3 is 2.49 bits per heavy atom. The molecule has 6 nitrogen and oxygen atoms in total. The quantitative estimate of drug-likeness (QED) is 0.203. The molecule has 0 atom stereocenters. The lowest BCUT2D eigenvalue weighted by molar-refractivity contribution is -0.123. The van der Waals surface area contributed by atoms with Crippen molar-refractivity contribution in [2.24, 2.45) is 0 Å². The average molecular weight is 532 g/mol. The zero-order valence-electron chi connectivity index (χ0n) is 18.1. The molecule has 0 bridgehead atoms. The van der Waals surface area contributed by atoms with Crippen molar-refractivity contribution in [2.75, 3.05) is 7.11 Å². The molecule has 0 saturated carbocycles. The Morgan fingerprint density at radius 1 is 1.06 bits per heavy atom. The van der Waals surface area contributed by atoms with E-state index in [1.54, 1.807) is 24.3 Å². The number of rotatable bonds is 6. The molecular formula is C25H16Cl2FNO5S. The molecule has 1 fully saturated rings. The number of carbonyl (C=O) groups is 3. The van der Waals surface area contributed by atoms with Crippen LogP contribution >= 0.6 is 35.0 Å². The van der Waals surface area contributed by atoms with Crippen molar-refractivity contribution in [1.29, 1.82) is 0 Å². The number of thioether (sulfide) groups is 1. The highest BCUT2D eigenvalue weighted by Crippen LogP contribution is 2.36. The molecule has 0 radical (unpaired) electrons. The number of amides is 2. The molecule has 2 amide bonds. The minimum atomic E-state index is -0.626. The van der Waals surface area contributed by atoms with Crippen LogP contribution < -0.4 is 9.47 Å². The summed E-state index contributed by atoms with van der Waals surface area (Å²) in [5.74, 6) is -1.40. The highest BCUT2D eigenvalue weighted by Gasteiger charge is 2.36. The van der Waals surface area contributed by atoms with E-state index >= 15 is 0 Å². The maximum atomic E-state index is 14.1. The first kappa shape index (κ1) is 24.8. The van der Waals surface area contributed by atoms with Crippen LogP contribution in [0.4, 0.5) is 9.18 Å². The van der Waals surface area contributed by atoms with Gasteiger partial charge in [0.15, 0.2) is 11.5 Å². The predicted octanol–water partition coefficient (Wildman–Crippen LogP) is 6.60. The smallest absolute Gasteiger partial charge is 0.343 e. The first-order valence-corrected chi connectivity index (χ1v) is 11.7. The van der Waals surface area contributed by atoms with Crippen LogP contribution in [0.3, 0.4) is 0 Å². The minimum Gasteiger partial charge on any atom is -0.493 e. The third-order valence-corrected chi connectivity index (χ3v) is 6.53. The highest BCUT2D eigenvalue weighted by atomic mass is 35.5. The van der Waals surface area contributed by atoms with Gasteiger partial charge in [0.05, 0.1) is 24.1 Å². The van der Waals surface area contributed by atoms with Gasteiger partial charge in [0, 0.05) is 15.6 Å². The predicted molar refractivity (Wildman–Crippen MR) is 132 cm³/mol. The molecule has 1 heterocycles. The van der Waals surface area contributed by atoms with Crippen molar-refractivity contribution in [3.63, 3.8) is 0 Å². The van der Waals surface area contributed by atoms with Crippen LogP contribution in [0.5, 0.6) is 11.5 Å². The van der Waals surface area contributed by atoms with Crippen molar-refractivity contribution >= 4 is 58.2 Å². The zero-order chi connectivity index (χ0) is 25.1. The molecule has 178 valence electrons. The Hall–Kier alpha value is -3.33. The molecule has 4 rings (SSSR count). The van der Waals surface area contributed by atoms with Crippen LogP contribution in [-0.2, 0) is 11.3 Å². The fourth-order valence-electron chi connectivity index (χ4n) is 3.24. The Labute approximate surface area is 214 Å². The molecule has 1 saturated heterocycles. The van der Waals surface area contributed by atoms with E-state index in [1.165, 1.54) is 49.6 Å². The zero-order valence-corrected chi connectivity index (χ0v) is 20.4. The van der Waals surface area contributed by atoms with Gasteiger partial charge in [0.25, 0.3) is 11.1 Å². The first-order chi connectivity index (χ1) is 16.8. The molecule has 3 aromatic carbocycles. The number of esters is 1. The summed E-state index contributed by atoms with van der Waals surface area (Å²) in [6.45, 7) is -0.292. The summed E-state index contributed by atoms with van der Waals surface area (Å²) < 4.78 is 24.9. The minimum absolute atomic E-state index is 0.0542. The molecule has 0 unspecified atom stereocenters. The van der Waals surface area contributed by atoms with Gasteiger partial charge < -0.3 is 9.47 Å². The lowest BCUT2D eigenvalue weighted by Crippen LogP contribution is -2.28. The van der Waals surface area contributed by atoms with Gasteiger partial charge in [0.1, 0.15) is 5.82 Å². The van der Waals surface area contributed by atoms with Crippen molar-refractivity contribution in [2.45, 2.75) is 6.54 Å². The van der Waals surface area contributed by atoms with Gasteiger partial charge >= 0.3 is 5.97 Å². The fourth-order valence-corrected chi connectivity index (χ4v) is 4.42. The molecule has 3 aromatic rings. The topological polar surface area (TPSA) is 72.9 Å². The van der Waals surface area contributed by atoms with Gasteiger partial charge in [-0.25, -0.2) is 9.18 Å². The van der Waals surface area contributed by atoms with E-state index in [0.29, 0.717) is 16.3 Å². The maximum absolute atomic E-state index is 14.1. The van der Waals surface area contributed by atoms with Crippen LogP contribution in [0.25, 0.3) is 6.08 Å². The van der Waals surface area contributed by atoms with Crippen molar-refractivity contribution in [3.8, 4) is 11.5 Å². The second-order valence-electron chi connectivity index (χ2n) is 7.27. The van der Waals surface area contributed by atoms with E-state index in [1.807, 2.05) is 0 Å². The van der Waals surface area contributed by atoms with E-state index in [9.17, 15) is 18.8 Å². The number of methoxy groups -OCH3 is 1. The van der Waals surface area contributed by atoms with Crippen LogP contribution in [0.15, 0.2) is 65.6 Å². The molecule has 35 heavy (non-hydrogen) atoms. The maximum Gasteiger partial charge on any atom is 0.343 e. The second kappa shape index (κ2) is 10.5. The average Bonchev–Trinajstić information content (AvgIpc) is 3.09. The van der Waals surface area contributed by atoms with Crippen molar-refractivity contribution < 1.29 is 28.2 Å². The lowest BCUT2D eigenvalue weighted by atomic mass is 10.1. The van der Waals surface area contributed by atoms with Crippen LogP contribution in [-0.4, -0.2) is 29.1 Å². The molecule has 1 aliphatic heterocycles. The van der Waals surface area contributed by atoms with E-state index in [0.717, 1.165) is 16.7 Å². The first-order valence-electron chi connectivity index (χ1n) is 10.1. The third kappa shape index (κ3) is 5.51. The summed E-state index contributed by atoms with van der Waals surface area (Å²) in [6.07, 6.45) is 1.48. The summed E-state index contributed by atoms with van der Waals surface area (Å²) in [5, 5.41) is 0.0474. The van der Waals surface area contributed by atoms with Gasteiger partial charge in [-0.2, -0.15) is 0 Å². The van der Waals surface area contributed by atoms with Crippen LogP contribution in [0.1, 0.15) is 21.5 Å². The number of imide groups is 1. The number of hydrogen-bond acceptors (Lipinski definition) is 6. The summed E-state index contributed by atoms with van der Waals surface area (Å²) in [7, 11) is 1.42. The fraction of sp³-hybridized carbons (Fsp3) is 0.0800. The summed E-state index contributed by atoms with van der Waals surface area (Å²) in [4.78, 5) is 38.9. The van der Waals surface area contributed by atoms with Crippen LogP contribution in [0.2, 0.25) is 10.0 Å². The number of benzene rings is 3. The van der Waals surface area contributed by atoms with Gasteiger partial charge in [-0.15, -0.1) is 0 Å². The number of halogens is 3. The van der Waals surface area contributed by atoms with E-state index in [2.05, 4.69) is 0 Å². The third-order valence-electron chi connectivity index (χ3n) is 5.02. The summed E-state index contributed by atoms with van der Waals surface area (Å²) in [5.41, 5.74) is 0.826. The number of hydrogen-bond donors (Lipinski definition) is 0. The monoisotopic (exact) mass is 531 g/mol. The Balaban J connectivity index is 1.57. The lowest BCUT2D eigenvalue weighted by Gasteiger charge is -2.14. The van der Waals surface area contributed by atoms with Crippen LogP contribution in [0, 0.1) is 5.82 Å². The number of nitrogens with zero attached hydrogens (tertiary/aromatic N) is 1. The number of ether oxygens (including phenoxy) is 2. The Bertz CT molecular complexity index is 1340. The highest BCUT2D eigenvalue weighted by molar-refractivity contribution is 8.18. The van der Waals surface area contributed by atoms with Gasteiger partial charge in [-0.05, 0) is 71.9 Å². The SMILES string of the molecule is COc1ccc(/C=C2\SC(=O)N(Cc3c(F)cccc3Cl)C2=O)cc1OC(=O)c1ccc(Cl)cc1. The van der Waals surface area contributed by atoms with Gasteiger partial charge in [-0.3, -0.25) is 14.5 Å². The Morgan fingerprint density at radius 2 is 1.80 bits per heavy atom. The van der Waals surface area contributed by atoms with Gasteiger partial charge in [-0.1, -0.05) is 35.3 Å². The van der Waals surface area contributed by atoms with Crippen molar-refractivity contribution in [1.82, 2.24) is 4.90 Å². The normalized spacial score (nSPS) is 14.5. The number of carbonyl (C=O) groups excluding carboxylic acids is 3. The molecule has 1 aliphatic rings. The molecule has 0 aromatic heterocycles. The second-order valence-corrected chi connectivity index (χ2v) is 9.11. The van der Waals surface area contributed by atoms with Crippen molar-refractivity contribution in [3.05, 3.63) is 98.1 Å². The van der Waals surface area contributed by atoms with E-state index in [4.69, 9.17) is 32.7 Å². The Kier molecular flexibility index (Phi) is 7.45. The van der Waals surface area contributed by atoms with E-state index < -0.39 is 22.9 Å². The summed E-state index contributed by atoms with van der Waals surface area (Å²) in [6, 6.07) is 15.0. The largest absolute Gasteiger partial charge is 0.493 e. The standard InChI is InChI=1S/C25H16Cl2FNO5S/c1-33-20-10-5-14(11-21(20)34-24(31)15-6-8-16(26)9-7-15)12-22-23(30)29(25(32)35-22)13-17-18(27)3-2-4-19(17)28/h2-12H,13H2,1H3/b22-12-. The molecule has 10 heteroatoms. The molecule has 0 aliphatic carbocycles. The molecule has 0 spiro atoms. The summed E-state index contributed by atoms with van der Waals surface area (Å²) >= 11 is 12.6. The van der Waals surface area contributed by atoms with E-state index in [-0.39, 0.29) is 33.3 Å².